The van der Waals surface area contributed by atoms with Crippen LogP contribution in [0, 0.1) is 20.3 Å². The van der Waals surface area contributed by atoms with Crippen molar-refractivity contribution in [3.8, 4) is 0 Å². The first-order valence-corrected chi connectivity index (χ1v) is 14.9. The highest BCUT2D eigenvalue weighted by Crippen LogP contribution is 2.25. The number of nitrogens with one attached hydrogen (secondary N) is 2. The van der Waals surface area contributed by atoms with Gasteiger partial charge in [-0.25, -0.2) is 9.97 Å². The van der Waals surface area contributed by atoms with Crippen LogP contribution in [0.1, 0.15) is 57.5 Å². The third-order valence-electron chi connectivity index (χ3n) is 7.82. The van der Waals surface area contributed by atoms with E-state index in [1.54, 1.807) is 0 Å². The molecule has 2 heterocycles. The van der Waals surface area contributed by atoms with Crippen LogP contribution in [-0.2, 0) is 0 Å². The molecule has 0 atom stereocenters. The van der Waals surface area contributed by atoms with Crippen molar-refractivity contribution < 1.29 is 9.59 Å². The number of pyridine rings is 2. The van der Waals surface area contributed by atoms with Crippen molar-refractivity contribution in [1.82, 2.24) is 20.6 Å². The highest BCUT2D eigenvalue weighted by atomic mass is 16.2. The summed E-state index contributed by atoms with van der Waals surface area (Å²) in [6.45, 7) is 5.32. The Labute approximate surface area is 251 Å². The van der Waals surface area contributed by atoms with Crippen LogP contribution in [0.5, 0.6) is 0 Å². The normalized spacial score (nSPS) is 11.4. The largest absolute Gasteiger partial charge is 0.352 e. The first kappa shape index (κ1) is 28.3. The van der Waals surface area contributed by atoms with E-state index in [0.717, 1.165) is 69.3 Å². The zero-order valence-corrected chi connectivity index (χ0v) is 24.6. The van der Waals surface area contributed by atoms with Crippen molar-refractivity contribution in [2.75, 3.05) is 13.1 Å². The fraction of sp³-hybridized carbons (Fsp3) is 0.216. The van der Waals surface area contributed by atoms with Crippen LogP contribution in [0.2, 0.25) is 0 Å². The SMILES string of the molecule is Cc1ccc2nc3c(C(=O)NCCC[CH]CCCNC(=O)c4cccc5cc6cc(C)ccc6nc45)cccc3cc2c1. The minimum absolute atomic E-state index is 0.0988. The van der Waals surface area contributed by atoms with E-state index in [0.29, 0.717) is 24.2 Å². The Morgan fingerprint density at radius 3 is 1.53 bits per heavy atom. The number of aromatic nitrogens is 2. The van der Waals surface area contributed by atoms with Gasteiger partial charge in [0.1, 0.15) is 0 Å². The predicted molar refractivity (Wildman–Crippen MR) is 175 cm³/mol. The second-order valence-corrected chi connectivity index (χ2v) is 11.2. The monoisotopic (exact) mass is 567 g/mol. The number of hydrogen-bond donors (Lipinski definition) is 2. The minimum Gasteiger partial charge on any atom is -0.352 e. The standard InChI is InChI=1S/C37H35N4O2/c1-24-14-16-32-28(20-24)22-26-10-8-12-30(34(26)40-32)36(42)38-18-6-4-3-5-7-19-39-37(43)31-13-9-11-27-23-29-21-25(2)15-17-33(29)41-35(27)31/h3,8-17,20-23H,4-7,18-19H2,1-2H3,(H,38,42)(H,39,43). The van der Waals surface area contributed by atoms with E-state index in [2.05, 4.69) is 55.2 Å². The Bertz CT molecular complexity index is 1840. The molecule has 0 fully saturated rings. The summed E-state index contributed by atoms with van der Waals surface area (Å²) in [7, 11) is 0. The van der Waals surface area contributed by atoms with Gasteiger partial charge >= 0.3 is 0 Å². The Kier molecular flexibility index (Phi) is 8.27. The summed E-state index contributed by atoms with van der Waals surface area (Å²) in [4.78, 5) is 35.5. The lowest BCUT2D eigenvalue weighted by atomic mass is 10.0. The first-order valence-electron chi connectivity index (χ1n) is 14.9. The van der Waals surface area contributed by atoms with E-state index in [1.807, 2.05) is 60.7 Å². The number of nitrogens with zero attached hydrogens (tertiary/aromatic N) is 2. The van der Waals surface area contributed by atoms with E-state index >= 15 is 0 Å². The number of benzene rings is 4. The lowest BCUT2D eigenvalue weighted by Gasteiger charge is -2.10. The number of aryl methyl sites for hydroxylation is 2. The molecule has 215 valence electrons. The van der Waals surface area contributed by atoms with Gasteiger partial charge in [-0.1, -0.05) is 47.5 Å². The third kappa shape index (κ3) is 6.33. The lowest BCUT2D eigenvalue weighted by Crippen LogP contribution is -2.25. The molecule has 0 aliphatic carbocycles. The number of rotatable bonds is 10. The summed E-state index contributed by atoms with van der Waals surface area (Å²) in [6.07, 6.45) is 5.72. The Hall–Kier alpha value is -4.84. The Morgan fingerprint density at radius 2 is 1.07 bits per heavy atom. The summed E-state index contributed by atoms with van der Waals surface area (Å²) in [5.74, 6) is -0.198. The third-order valence-corrected chi connectivity index (χ3v) is 7.82. The van der Waals surface area contributed by atoms with Crippen LogP contribution >= 0.6 is 0 Å². The highest BCUT2D eigenvalue weighted by molar-refractivity contribution is 6.08. The van der Waals surface area contributed by atoms with E-state index in [4.69, 9.17) is 9.97 Å². The van der Waals surface area contributed by atoms with E-state index in [-0.39, 0.29) is 11.8 Å². The van der Waals surface area contributed by atoms with Gasteiger partial charge in [-0.2, -0.15) is 0 Å². The van der Waals surface area contributed by atoms with Crippen LogP contribution in [0.25, 0.3) is 43.6 Å². The zero-order chi connectivity index (χ0) is 29.8. The van der Waals surface area contributed by atoms with Crippen molar-refractivity contribution in [2.45, 2.75) is 39.5 Å². The molecule has 0 unspecified atom stereocenters. The average molecular weight is 568 g/mol. The molecule has 2 amide bonds. The highest BCUT2D eigenvalue weighted by Gasteiger charge is 2.13. The Morgan fingerprint density at radius 1 is 0.605 bits per heavy atom. The van der Waals surface area contributed by atoms with Gasteiger partial charge in [0.25, 0.3) is 11.8 Å². The number of unbranched alkanes of at least 4 members (excludes halogenated alkanes) is 4. The van der Waals surface area contributed by atoms with Crippen molar-refractivity contribution in [3.05, 3.63) is 114 Å². The summed E-state index contributed by atoms with van der Waals surface area (Å²) in [5, 5.41) is 10.2. The van der Waals surface area contributed by atoms with Crippen molar-refractivity contribution in [3.63, 3.8) is 0 Å². The van der Waals surface area contributed by atoms with Gasteiger partial charge in [0.2, 0.25) is 0 Å². The lowest BCUT2D eigenvalue weighted by molar-refractivity contribution is 0.0947. The Balaban J connectivity index is 0.939. The van der Waals surface area contributed by atoms with Crippen LogP contribution in [0.4, 0.5) is 0 Å². The van der Waals surface area contributed by atoms with Gasteiger partial charge in [0, 0.05) is 34.6 Å². The molecule has 0 saturated carbocycles. The summed E-state index contributed by atoms with van der Waals surface area (Å²) in [6, 6.07) is 28.0. The molecule has 6 heteroatoms. The van der Waals surface area contributed by atoms with Crippen LogP contribution in [0.15, 0.2) is 84.9 Å². The number of carbonyl (C=O) groups excluding carboxylic acids is 2. The number of carbonyl (C=O) groups is 2. The maximum absolute atomic E-state index is 13.0. The van der Waals surface area contributed by atoms with Crippen molar-refractivity contribution in [1.29, 1.82) is 0 Å². The van der Waals surface area contributed by atoms with E-state index < -0.39 is 0 Å². The first-order chi connectivity index (χ1) is 21.0. The number of para-hydroxylation sites is 2. The van der Waals surface area contributed by atoms with Gasteiger partial charge in [-0.05, 0) is 94.5 Å². The van der Waals surface area contributed by atoms with Gasteiger partial charge in [-0.15, -0.1) is 0 Å². The molecule has 1 radical (unpaired) electrons. The van der Waals surface area contributed by atoms with Gasteiger partial charge in [0.15, 0.2) is 0 Å². The molecule has 6 aromatic rings. The van der Waals surface area contributed by atoms with Crippen molar-refractivity contribution >= 4 is 55.4 Å². The van der Waals surface area contributed by atoms with Crippen LogP contribution in [-0.4, -0.2) is 34.9 Å². The number of hydrogen-bond acceptors (Lipinski definition) is 4. The molecule has 0 aliphatic heterocycles. The molecular weight excluding hydrogens is 532 g/mol. The maximum atomic E-state index is 13.0. The second-order valence-electron chi connectivity index (χ2n) is 11.2. The van der Waals surface area contributed by atoms with Gasteiger partial charge in [0.05, 0.1) is 33.2 Å². The predicted octanol–water partition coefficient (Wildman–Crippen LogP) is 7.63. The van der Waals surface area contributed by atoms with Crippen molar-refractivity contribution in [2.24, 2.45) is 0 Å². The van der Waals surface area contributed by atoms with E-state index in [1.165, 1.54) is 11.1 Å². The van der Waals surface area contributed by atoms with Crippen LogP contribution < -0.4 is 10.6 Å². The van der Waals surface area contributed by atoms with Gasteiger partial charge in [-0.3, -0.25) is 9.59 Å². The smallest absolute Gasteiger partial charge is 0.253 e. The molecule has 0 saturated heterocycles. The fourth-order valence-electron chi connectivity index (χ4n) is 5.56. The molecule has 6 nitrogen and oxygen atoms in total. The fourth-order valence-corrected chi connectivity index (χ4v) is 5.56. The maximum Gasteiger partial charge on any atom is 0.253 e. The average Bonchev–Trinajstić information content (AvgIpc) is 3.01. The molecule has 0 bridgehead atoms. The number of fused-ring (bicyclic) bond motifs is 4. The molecule has 0 aliphatic rings. The topological polar surface area (TPSA) is 84.0 Å². The quantitative estimate of drug-likeness (QED) is 0.132. The minimum atomic E-state index is -0.0988. The molecule has 6 rings (SSSR count). The summed E-state index contributed by atoms with van der Waals surface area (Å²) >= 11 is 0. The van der Waals surface area contributed by atoms with Crippen LogP contribution in [0.3, 0.4) is 0 Å². The summed E-state index contributed by atoms with van der Waals surface area (Å²) in [5.41, 5.74) is 6.82. The molecule has 43 heavy (non-hydrogen) atoms. The molecule has 4 aromatic carbocycles. The molecule has 2 aromatic heterocycles. The number of amides is 2. The summed E-state index contributed by atoms with van der Waals surface area (Å²) < 4.78 is 0. The zero-order valence-electron chi connectivity index (χ0n) is 24.6. The molecular formula is C37H35N4O2. The van der Waals surface area contributed by atoms with E-state index in [9.17, 15) is 9.59 Å². The molecule has 2 N–H and O–H groups in total. The van der Waals surface area contributed by atoms with Gasteiger partial charge < -0.3 is 10.6 Å². The molecule has 0 spiro atoms. The second kappa shape index (κ2) is 12.6.